The number of pyridine rings is 1. The second-order valence-electron chi connectivity index (χ2n) is 4.11. The maximum absolute atomic E-state index is 4.24. The smallest absolute Gasteiger partial charge is 0.149 e. The fraction of sp³-hybridized carbons (Fsp3) is 0.583. The molecule has 2 N–H and O–H groups in total. The van der Waals surface area contributed by atoms with Gasteiger partial charge in [0.1, 0.15) is 5.82 Å². The maximum Gasteiger partial charge on any atom is 0.149 e. The van der Waals surface area contributed by atoms with E-state index in [9.17, 15) is 0 Å². The highest BCUT2D eigenvalue weighted by Gasteiger charge is 1.99. The number of hydrogen-bond donors (Lipinski definition) is 2. The van der Waals surface area contributed by atoms with Gasteiger partial charge in [-0.3, -0.25) is 0 Å². The molecule has 0 aliphatic rings. The number of nitrogens with zero attached hydrogens (tertiary/aromatic N) is 1. The van der Waals surface area contributed by atoms with Crippen molar-refractivity contribution >= 4 is 11.5 Å². The third-order valence-corrected chi connectivity index (χ3v) is 2.32. The van der Waals surface area contributed by atoms with E-state index in [0.29, 0.717) is 0 Å². The predicted octanol–water partition coefficient (Wildman–Crippen LogP) is 2.97. The van der Waals surface area contributed by atoms with E-state index >= 15 is 0 Å². The molecular weight excluding hydrogens is 186 g/mol. The molecule has 0 saturated heterocycles. The lowest BCUT2D eigenvalue weighted by molar-refractivity contribution is 0.567. The van der Waals surface area contributed by atoms with Crippen LogP contribution >= 0.6 is 0 Å². The molecule has 0 bridgehead atoms. The van der Waals surface area contributed by atoms with E-state index in [2.05, 4.69) is 29.5 Å². The van der Waals surface area contributed by atoms with Crippen molar-refractivity contribution in [3.63, 3.8) is 0 Å². The number of anilines is 2. The summed E-state index contributed by atoms with van der Waals surface area (Å²) in [6, 6.07) is 4.00. The van der Waals surface area contributed by atoms with Gasteiger partial charge in [0.2, 0.25) is 0 Å². The van der Waals surface area contributed by atoms with Crippen molar-refractivity contribution in [2.45, 2.75) is 26.7 Å². The highest BCUT2D eigenvalue weighted by atomic mass is 15.0. The fourth-order valence-corrected chi connectivity index (χ4v) is 1.48. The lowest BCUT2D eigenvalue weighted by Gasteiger charge is -2.10. The van der Waals surface area contributed by atoms with Crippen LogP contribution in [0.2, 0.25) is 0 Å². The zero-order chi connectivity index (χ0) is 11.1. The third kappa shape index (κ3) is 4.19. The van der Waals surface area contributed by atoms with Crippen molar-refractivity contribution in [2.24, 2.45) is 5.92 Å². The molecule has 0 amide bonds. The van der Waals surface area contributed by atoms with Crippen molar-refractivity contribution in [2.75, 3.05) is 24.2 Å². The van der Waals surface area contributed by atoms with Gasteiger partial charge in [0.05, 0.1) is 5.69 Å². The summed E-state index contributed by atoms with van der Waals surface area (Å²) < 4.78 is 0. The van der Waals surface area contributed by atoms with Crippen LogP contribution in [-0.2, 0) is 0 Å². The monoisotopic (exact) mass is 207 g/mol. The predicted molar refractivity (Wildman–Crippen MR) is 66.3 cm³/mol. The van der Waals surface area contributed by atoms with Crippen LogP contribution in [0, 0.1) is 5.92 Å². The number of aromatic nitrogens is 1. The molecule has 0 saturated carbocycles. The molecule has 1 aromatic heterocycles. The first-order valence-electron chi connectivity index (χ1n) is 5.60. The van der Waals surface area contributed by atoms with E-state index in [1.165, 1.54) is 12.8 Å². The second-order valence-corrected chi connectivity index (χ2v) is 4.11. The van der Waals surface area contributed by atoms with Crippen molar-refractivity contribution in [1.29, 1.82) is 0 Å². The molecule has 0 radical (unpaired) electrons. The Balaban J connectivity index is 2.36. The highest BCUT2D eigenvalue weighted by molar-refractivity contribution is 5.63. The second kappa shape index (κ2) is 6.27. The minimum Gasteiger partial charge on any atom is -0.382 e. The summed E-state index contributed by atoms with van der Waals surface area (Å²) in [6.45, 7) is 5.52. The molecule has 1 aromatic rings. The molecule has 3 nitrogen and oxygen atoms in total. The quantitative estimate of drug-likeness (QED) is 0.704. The van der Waals surface area contributed by atoms with E-state index < -0.39 is 0 Å². The SMILES string of the molecule is CNc1ncccc1NCCCC(C)C. The molecular formula is C12H21N3. The van der Waals surface area contributed by atoms with Crippen LogP contribution in [0.4, 0.5) is 11.5 Å². The number of hydrogen-bond acceptors (Lipinski definition) is 3. The number of rotatable bonds is 6. The van der Waals surface area contributed by atoms with Crippen molar-refractivity contribution in [1.82, 2.24) is 4.98 Å². The lowest BCUT2D eigenvalue weighted by atomic mass is 10.1. The fourth-order valence-electron chi connectivity index (χ4n) is 1.48. The third-order valence-electron chi connectivity index (χ3n) is 2.32. The molecule has 84 valence electrons. The topological polar surface area (TPSA) is 37.0 Å². The largest absolute Gasteiger partial charge is 0.382 e. The van der Waals surface area contributed by atoms with Gasteiger partial charge in [0.15, 0.2) is 0 Å². The molecule has 0 unspecified atom stereocenters. The Kier molecular flexibility index (Phi) is 4.95. The van der Waals surface area contributed by atoms with E-state index in [0.717, 1.165) is 24.0 Å². The molecule has 3 heteroatoms. The van der Waals surface area contributed by atoms with Gasteiger partial charge in [0, 0.05) is 19.8 Å². The average molecular weight is 207 g/mol. The molecule has 0 aliphatic heterocycles. The standard InChI is InChI=1S/C12H21N3/c1-10(2)6-4-8-14-11-7-5-9-15-12(11)13-3/h5,7,9-10,14H,4,6,8H2,1-3H3,(H,13,15). The molecule has 0 aliphatic carbocycles. The van der Waals surface area contributed by atoms with Crippen LogP contribution in [0.5, 0.6) is 0 Å². The summed E-state index contributed by atoms with van der Waals surface area (Å²) >= 11 is 0. The molecule has 0 aromatic carbocycles. The summed E-state index contributed by atoms with van der Waals surface area (Å²) in [5, 5.41) is 6.47. The molecule has 1 rings (SSSR count). The first-order chi connectivity index (χ1) is 7.24. The van der Waals surface area contributed by atoms with Gasteiger partial charge in [-0.05, 0) is 30.9 Å². The minimum absolute atomic E-state index is 0.782. The highest BCUT2D eigenvalue weighted by Crippen LogP contribution is 2.17. The summed E-state index contributed by atoms with van der Waals surface area (Å²) in [5.74, 6) is 1.70. The first kappa shape index (κ1) is 11.8. The zero-order valence-corrected chi connectivity index (χ0v) is 9.88. The normalized spacial score (nSPS) is 10.4. The maximum atomic E-state index is 4.24. The van der Waals surface area contributed by atoms with E-state index in [1.54, 1.807) is 6.20 Å². The average Bonchev–Trinajstić information content (AvgIpc) is 2.24. The van der Waals surface area contributed by atoms with E-state index in [-0.39, 0.29) is 0 Å². The van der Waals surface area contributed by atoms with Gasteiger partial charge < -0.3 is 10.6 Å². The molecule has 0 fully saturated rings. The van der Waals surface area contributed by atoms with E-state index in [1.807, 2.05) is 19.2 Å². The summed E-state index contributed by atoms with van der Waals surface area (Å²) in [6.07, 6.45) is 4.27. The van der Waals surface area contributed by atoms with Gasteiger partial charge in [-0.15, -0.1) is 0 Å². The summed E-state index contributed by atoms with van der Waals surface area (Å²) in [7, 11) is 1.89. The Morgan fingerprint density at radius 1 is 1.40 bits per heavy atom. The Morgan fingerprint density at radius 2 is 2.20 bits per heavy atom. The van der Waals surface area contributed by atoms with Crippen molar-refractivity contribution in [3.8, 4) is 0 Å². The van der Waals surface area contributed by atoms with Crippen LogP contribution in [-0.4, -0.2) is 18.6 Å². The zero-order valence-electron chi connectivity index (χ0n) is 9.88. The van der Waals surface area contributed by atoms with Crippen LogP contribution < -0.4 is 10.6 Å². The van der Waals surface area contributed by atoms with Crippen molar-refractivity contribution < 1.29 is 0 Å². The van der Waals surface area contributed by atoms with Gasteiger partial charge in [-0.25, -0.2) is 4.98 Å². The number of nitrogens with one attached hydrogen (secondary N) is 2. The summed E-state index contributed by atoms with van der Waals surface area (Å²) in [5.41, 5.74) is 1.09. The van der Waals surface area contributed by atoms with Gasteiger partial charge in [0.25, 0.3) is 0 Å². The van der Waals surface area contributed by atoms with Crippen LogP contribution in [0.25, 0.3) is 0 Å². The Morgan fingerprint density at radius 3 is 2.87 bits per heavy atom. The van der Waals surface area contributed by atoms with Gasteiger partial charge in [-0.2, -0.15) is 0 Å². The Bertz CT molecular complexity index is 284. The van der Waals surface area contributed by atoms with Crippen molar-refractivity contribution in [3.05, 3.63) is 18.3 Å². The van der Waals surface area contributed by atoms with Gasteiger partial charge >= 0.3 is 0 Å². The molecule has 0 atom stereocenters. The minimum atomic E-state index is 0.782. The first-order valence-corrected chi connectivity index (χ1v) is 5.60. The summed E-state index contributed by atoms with van der Waals surface area (Å²) in [4.78, 5) is 4.24. The molecule has 0 spiro atoms. The van der Waals surface area contributed by atoms with E-state index in [4.69, 9.17) is 0 Å². The van der Waals surface area contributed by atoms with Crippen LogP contribution in [0.3, 0.4) is 0 Å². The lowest BCUT2D eigenvalue weighted by Crippen LogP contribution is -2.06. The Hall–Kier alpha value is -1.25. The van der Waals surface area contributed by atoms with Gasteiger partial charge in [-0.1, -0.05) is 13.8 Å². The van der Waals surface area contributed by atoms with Crippen LogP contribution in [0.1, 0.15) is 26.7 Å². The molecule has 1 heterocycles. The Labute approximate surface area is 92.3 Å². The molecule has 15 heavy (non-hydrogen) atoms. The van der Waals surface area contributed by atoms with Crippen LogP contribution in [0.15, 0.2) is 18.3 Å².